The first kappa shape index (κ1) is 23.8. The number of ether oxygens (including phenoxy) is 1. The van der Waals surface area contributed by atoms with E-state index in [1.54, 1.807) is 0 Å². The minimum Gasteiger partial charge on any atom is -0.466 e. The van der Waals surface area contributed by atoms with Gasteiger partial charge in [0.25, 0.3) is 0 Å². The van der Waals surface area contributed by atoms with Gasteiger partial charge in [0.2, 0.25) is 5.91 Å². The number of imidazole rings is 1. The van der Waals surface area contributed by atoms with Crippen molar-refractivity contribution in [1.29, 1.82) is 0 Å². The average Bonchev–Trinajstić information content (AvgIpc) is 3.65. The summed E-state index contributed by atoms with van der Waals surface area (Å²) >= 11 is 0. The first-order chi connectivity index (χ1) is 17.9. The van der Waals surface area contributed by atoms with Crippen LogP contribution in [0.2, 0.25) is 0 Å². The molecule has 6 rings (SSSR count). The highest BCUT2D eigenvalue weighted by Crippen LogP contribution is 2.41. The molecule has 8 heteroatoms. The smallest absolute Gasteiger partial charge is 0.310 e. The van der Waals surface area contributed by atoms with Gasteiger partial charge in [-0.25, -0.2) is 4.98 Å². The molecule has 3 aromatic rings. The Bertz CT molecular complexity index is 1360. The Morgan fingerprint density at radius 1 is 1.19 bits per heavy atom. The van der Waals surface area contributed by atoms with Gasteiger partial charge in [-0.1, -0.05) is 13.8 Å². The molecule has 0 spiro atoms. The molecule has 3 aliphatic rings. The van der Waals surface area contributed by atoms with E-state index in [9.17, 15) is 9.59 Å². The summed E-state index contributed by atoms with van der Waals surface area (Å²) in [6, 6.07) is 12.6. The summed E-state index contributed by atoms with van der Waals surface area (Å²) in [4.78, 5) is 33.2. The Hall–Kier alpha value is -3.55. The lowest BCUT2D eigenvalue weighted by molar-refractivity contribution is -0.148. The lowest BCUT2D eigenvalue weighted by Gasteiger charge is -2.33. The van der Waals surface area contributed by atoms with E-state index in [1.807, 2.05) is 19.1 Å². The van der Waals surface area contributed by atoms with Crippen molar-refractivity contribution in [3.8, 4) is 11.4 Å². The number of aromatic nitrogens is 2. The molecule has 2 aromatic carbocycles. The normalized spacial score (nSPS) is 21.3. The number of rotatable bonds is 6. The van der Waals surface area contributed by atoms with E-state index in [2.05, 4.69) is 58.2 Å². The van der Waals surface area contributed by atoms with Gasteiger partial charge in [0.05, 0.1) is 29.2 Å². The zero-order valence-electron chi connectivity index (χ0n) is 21.8. The Morgan fingerprint density at radius 3 is 2.78 bits per heavy atom. The van der Waals surface area contributed by atoms with Gasteiger partial charge in [0.1, 0.15) is 11.9 Å². The molecule has 0 bridgehead atoms. The first-order valence-corrected chi connectivity index (χ1v) is 13.6. The van der Waals surface area contributed by atoms with E-state index in [4.69, 9.17) is 9.72 Å². The van der Waals surface area contributed by atoms with E-state index in [1.165, 1.54) is 12.8 Å². The summed E-state index contributed by atoms with van der Waals surface area (Å²) < 4.78 is 7.41. The van der Waals surface area contributed by atoms with Crippen LogP contribution in [0.25, 0.3) is 22.4 Å². The van der Waals surface area contributed by atoms with Gasteiger partial charge in [-0.15, -0.1) is 0 Å². The summed E-state index contributed by atoms with van der Waals surface area (Å²) in [7, 11) is 0. The highest BCUT2D eigenvalue weighted by Gasteiger charge is 2.34. The number of benzene rings is 2. The monoisotopic (exact) mass is 501 g/mol. The number of carbonyl (C=O) groups is 2. The number of piperidine rings is 1. The standard InChI is InChI=1S/C29H35N5O3/c1-4-37-29(36)18-6-5-13-33(16-18)21-10-12-25-24(15-21)31-27-22-14-20(30-19-7-8-19)9-11-23(22)32-28(35)26(17(2)3)34(25)27/h9-12,14-15,17-19,26,30H,4-8,13,16H2,1-3H3,(H,32,35). The number of carbonyl (C=O) groups excluding carboxylic acids is 2. The molecular weight excluding hydrogens is 466 g/mol. The highest BCUT2D eigenvalue weighted by atomic mass is 16.5. The molecule has 2 aliphatic heterocycles. The quantitative estimate of drug-likeness (QED) is 0.451. The maximum absolute atomic E-state index is 13.4. The van der Waals surface area contributed by atoms with Crippen molar-refractivity contribution in [2.45, 2.75) is 58.5 Å². The molecule has 8 nitrogen and oxygen atoms in total. The molecule has 3 heterocycles. The lowest BCUT2D eigenvalue weighted by atomic mass is 9.97. The molecule has 1 saturated carbocycles. The van der Waals surface area contributed by atoms with Crippen LogP contribution < -0.4 is 15.5 Å². The minimum atomic E-state index is -0.374. The third-order valence-electron chi connectivity index (χ3n) is 7.72. The second-order valence-electron chi connectivity index (χ2n) is 10.9. The topological polar surface area (TPSA) is 88.5 Å². The molecule has 1 aliphatic carbocycles. The molecular formula is C29H35N5O3. The van der Waals surface area contributed by atoms with Gasteiger partial charge >= 0.3 is 5.97 Å². The summed E-state index contributed by atoms with van der Waals surface area (Å²) in [5.41, 5.74) is 5.62. The number of hydrogen-bond donors (Lipinski definition) is 2. The van der Waals surface area contributed by atoms with Crippen molar-refractivity contribution in [3.05, 3.63) is 36.4 Å². The van der Waals surface area contributed by atoms with Crippen LogP contribution in [0.3, 0.4) is 0 Å². The number of esters is 1. The third kappa shape index (κ3) is 4.43. The van der Waals surface area contributed by atoms with E-state index in [0.717, 1.165) is 58.9 Å². The lowest BCUT2D eigenvalue weighted by Crippen LogP contribution is -2.39. The van der Waals surface area contributed by atoms with Gasteiger partial charge in [-0.05, 0) is 74.9 Å². The number of anilines is 3. The molecule has 2 fully saturated rings. The minimum absolute atomic E-state index is 0.0189. The summed E-state index contributed by atoms with van der Waals surface area (Å²) in [5.74, 6) is 0.652. The Balaban J connectivity index is 1.42. The maximum atomic E-state index is 13.4. The summed E-state index contributed by atoms with van der Waals surface area (Å²) in [6.07, 6.45) is 4.19. The van der Waals surface area contributed by atoms with E-state index in [0.29, 0.717) is 19.2 Å². The molecule has 1 aromatic heterocycles. The molecule has 2 unspecified atom stereocenters. The van der Waals surface area contributed by atoms with Crippen LogP contribution in [0.4, 0.5) is 17.1 Å². The number of amides is 1. The van der Waals surface area contributed by atoms with Gasteiger partial charge in [-0.2, -0.15) is 0 Å². The zero-order chi connectivity index (χ0) is 25.7. The molecule has 1 saturated heterocycles. The van der Waals surface area contributed by atoms with Crippen LogP contribution in [0, 0.1) is 11.8 Å². The highest BCUT2D eigenvalue weighted by molar-refractivity contribution is 6.02. The van der Waals surface area contributed by atoms with Crippen LogP contribution >= 0.6 is 0 Å². The molecule has 2 atom stereocenters. The molecule has 194 valence electrons. The van der Waals surface area contributed by atoms with Crippen molar-refractivity contribution in [2.75, 3.05) is 35.2 Å². The number of hydrogen-bond acceptors (Lipinski definition) is 6. The summed E-state index contributed by atoms with van der Waals surface area (Å²) in [5, 5.41) is 6.73. The van der Waals surface area contributed by atoms with Gasteiger partial charge in [0, 0.05) is 36.1 Å². The second kappa shape index (κ2) is 9.39. The maximum Gasteiger partial charge on any atom is 0.310 e. The zero-order valence-corrected chi connectivity index (χ0v) is 21.8. The fourth-order valence-corrected chi connectivity index (χ4v) is 5.74. The van der Waals surface area contributed by atoms with Crippen LogP contribution in [0.1, 0.15) is 52.5 Å². The van der Waals surface area contributed by atoms with Crippen molar-refractivity contribution < 1.29 is 14.3 Å². The van der Waals surface area contributed by atoms with Crippen LogP contribution in [0.15, 0.2) is 36.4 Å². The SMILES string of the molecule is CCOC(=O)C1CCCN(c2ccc3c(c2)nc2n3C(C(C)C)C(=O)Nc3ccc(NC4CC4)cc3-2)C1. The fourth-order valence-electron chi connectivity index (χ4n) is 5.74. The Labute approximate surface area is 217 Å². The van der Waals surface area contributed by atoms with E-state index in [-0.39, 0.29) is 29.8 Å². The number of nitrogens with zero attached hydrogens (tertiary/aromatic N) is 3. The Morgan fingerprint density at radius 2 is 2.03 bits per heavy atom. The second-order valence-corrected chi connectivity index (χ2v) is 10.9. The van der Waals surface area contributed by atoms with E-state index >= 15 is 0 Å². The van der Waals surface area contributed by atoms with Gasteiger partial charge < -0.3 is 24.8 Å². The van der Waals surface area contributed by atoms with Crippen LogP contribution in [0.5, 0.6) is 0 Å². The largest absolute Gasteiger partial charge is 0.466 e. The molecule has 0 radical (unpaired) electrons. The first-order valence-electron chi connectivity index (χ1n) is 13.6. The molecule has 2 N–H and O–H groups in total. The van der Waals surface area contributed by atoms with Crippen LogP contribution in [-0.4, -0.2) is 47.2 Å². The van der Waals surface area contributed by atoms with Gasteiger partial charge in [-0.3, -0.25) is 9.59 Å². The fraction of sp³-hybridized carbons (Fsp3) is 0.483. The van der Waals surface area contributed by atoms with E-state index < -0.39 is 0 Å². The van der Waals surface area contributed by atoms with Crippen molar-refractivity contribution >= 4 is 40.0 Å². The third-order valence-corrected chi connectivity index (χ3v) is 7.72. The molecule has 1 amide bonds. The molecule has 37 heavy (non-hydrogen) atoms. The average molecular weight is 502 g/mol. The number of fused-ring (bicyclic) bond motifs is 5. The predicted molar refractivity (Wildman–Crippen MR) is 146 cm³/mol. The van der Waals surface area contributed by atoms with Crippen LogP contribution in [-0.2, 0) is 14.3 Å². The van der Waals surface area contributed by atoms with Gasteiger partial charge in [0.15, 0.2) is 0 Å². The van der Waals surface area contributed by atoms with Crippen molar-refractivity contribution in [1.82, 2.24) is 9.55 Å². The summed E-state index contributed by atoms with van der Waals surface area (Å²) in [6.45, 7) is 7.95. The van der Waals surface area contributed by atoms with Crippen molar-refractivity contribution in [2.24, 2.45) is 11.8 Å². The Kier molecular flexibility index (Phi) is 6.05. The number of nitrogens with one attached hydrogen (secondary N) is 2. The van der Waals surface area contributed by atoms with Crippen molar-refractivity contribution in [3.63, 3.8) is 0 Å². The predicted octanol–water partition coefficient (Wildman–Crippen LogP) is 5.21.